The van der Waals surface area contributed by atoms with Crippen LogP contribution in [-0.2, 0) is 0 Å². The van der Waals surface area contributed by atoms with Crippen LogP contribution >= 0.6 is 0 Å². The zero-order valence-corrected chi connectivity index (χ0v) is 19.1. The third-order valence-corrected chi connectivity index (χ3v) is 6.13. The molecule has 0 radical (unpaired) electrons. The number of amides is 2. The van der Waals surface area contributed by atoms with E-state index in [1.165, 1.54) is 18.4 Å². The number of benzene rings is 3. The molecule has 34 heavy (non-hydrogen) atoms. The van der Waals surface area contributed by atoms with Crippen LogP contribution in [-0.4, -0.2) is 22.5 Å². The second-order valence-electron chi connectivity index (χ2n) is 8.60. The van der Waals surface area contributed by atoms with Gasteiger partial charge in [-0.2, -0.15) is 0 Å². The van der Waals surface area contributed by atoms with E-state index in [2.05, 4.69) is 16.7 Å². The summed E-state index contributed by atoms with van der Waals surface area (Å²) >= 11 is 0. The molecule has 2 amide bonds. The highest BCUT2D eigenvalue weighted by atomic mass is 16.2. The van der Waals surface area contributed by atoms with E-state index in [1.54, 1.807) is 0 Å². The van der Waals surface area contributed by atoms with Crippen molar-refractivity contribution in [2.45, 2.75) is 32.1 Å². The molecule has 5 rings (SSSR count). The molecule has 0 unspecified atom stereocenters. The normalized spacial score (nSPS) is 13.4. The van der Waals surface area contributed by atoms with Crippen LogP contribution in [0.5, 0.6) is 0 Å². The molecule has 170 valence electrons. The fraction of sp³-hybridized carbons (Fsp3) is 0.207. The van der Waals surface area contributed by atoms with Gasteiger partial charge in [0.25, 0.3) is 0 Å². The number of carbonyl (C=O) groups excluding carboxylic acids is 1. The van der Waals surface area contributed by atoms with Crippen molar-refractivity contribution in [1.82, 2.24) is 15.3 Å². The molecule has 0 atom stereocenters. The van der Waals surface area contributed by atoms with E-state index in [9.17, 15) is 4.79 Å². The van der Waals surface area contributed by atoms with Gasteiger partial charge in [-0.3, -0.25) is 0 Å². The summed E-state index contributed by atoms with van der Waals surface area (Å²) in [6.07, 6.45) is 8.09. The van der Waals surface area contributed by atoms with Crippen molar-refractivity contribution in [1.29, 1.82) is 0 Å². The highest BCUT2D eigenvalue weighted by Crippen LogP contribution is 2.31. The molecule has 5 heteroatoms. The summed E-state index contributed by atoms with van der Waals surface area (Å²) in [5, 5.41) is 5.91. The van der Waals surface area contributed by atoms with Gasteiger partial charge < -0.3 is 10.6 Å². The van der Waals surface area contributed by atoms with Gasteiger partial charge in [0.1, 0.15) is 0 Å². The number of nitrogens with one attached hydrogen (secondary N) is 2. The number of anilines is 1. The molecule has 0 saturated carbocycles. The third kappa shape index (κ3) is 5.15. The topological polar surface area (TPSA) is 66.9 Å². The molecular weight excluding hydrogens is 420 g/mol. The van der Waals surface area contributed by atoms with Crippen molar-refractivity contribution in [3.8, 4) is 22.5 Å². The Labute approximate surface area is 200 Å². The lowest BCUT2D eigenvalue weighted by Crippen LogP contribution is -2.29. The van der Waals surface area contributed by atoms with Crippen LogP contribution in [0.2, 0.25) is 0 Å². The average molecular weight is 449 g/mol. The van der Waals surface area contributed by atoms with E-state index in [1.807, 2.05) is 78.9 Å². The fourth-order valence-electron chi connectivity index (χ4n) is 4.37. The molecule has 1 aliphatic carbocycles. The fourth-order valence-corrected chi connectivity index (χ4v) is 4.37. The Kier molecular flexibility index (Phi) is 6.61. The summed E-state index contributed by atoms with van der Waals surface area (Å²) in [6, 6.07) is 25.6. The van der Waals surface area contributed by atoms with Gasteiger partial charge >= 0.3 is 6.03 Å². The lowest BCUT2D eigenvalue weighted by molar-refractivity contribution is 0.252. The molecule has 0 fully saturated rings. The summed E-state index contributed by atoms with van der Waals surface area (Å²) < 4.78 is 0. The first-order valence-corrected chi connectivity index (χ1v) is 11.9. The van der Waals surface area contributed by atoms with Crippen molar-refractivity contribution >= 4 is 22.8 Å². The number of fused-ring (bicyclic) bond motifs is 1. The number of nitrogens with zero attached hydrogens (tertiary/aromatic N) is 2. The van der Waals surface area contributed by atoms with E-state index in [4.69, 9.17) is 9.97 Å². The second-order valence-corrected chi connectivity index (χ2v) is 8.60. The Bertz CT molecular complexity index is 1320. The number of urea groups is 1. The quantitative estimate of drug-likeness (QED) is 0.313. The van der Waals surface area contributed by atoms with Crippen molar-refractivity contribution in [3.05, 3.63) is 90.5 Å². The number of rotatable bonds is 6. The summed E-state index contributed by atoms with van der Waals surface area (Å²) in [5.74, 6) is 0. The number of hydrogen-bond donors (Lipinski definition) is 2. The standard InChI is InChI=1S/C29H28N4O/c34-29(30-19-18-21-10-4-1-5-11-21)31-24-16-17-25-26(20-24)33-28(23-14-8-3-9-15-23)27(32-25)22-12-6-2-7-13-22/h2-3,6-10,12-17,20H,1,4-5,11,18-19H2,(H2,30,31,34). The van der Waals surface area contributed by atoms with Gasteiger partial charge in [-0.15, -0.1) is 0 Å². The smallest absolute Gasteiger partial charge is 0.319 e. The van der Waals surface area contributed by atoms with Gasteiger partial charge in [-0.1, -0.05) is 72.3 Å². The summed E-state index contributed by atoms with van der Waals surface area (Å²) in [5.41, 5.74) is 7.36. The second kappa shape index (κ2) is 10.3. The zero-order valence-electron chi connectivity index (χ0n) is 19.1. The molecule has 0 spiro atoms. The first kappa shape index (κ1) is 21.8. The SMILES string of the molecule is O=C(NCCC1=CCCCC1)Nc1ccc2nc(-c3ccccc3)c(-c3ccccc3)nc2c1. The van der Waals surface area contributed by atoms with Crippen molar-refractivity contribution in [3.63, 3.8) is 0 Å². The number of aromatic nitrogens is 2. The van der Waals surface area contributed by atoms with Crippen LogP contribution in [0.15, 0.2) is 90.5 Å². The molecule has 1 heterocycles. The number of hydrogen-bond acceptors (Lipinski definition) is 3. The maximum absolute atomic E-state index is 12.4. The van der Waals surface area contributed by atoms with E-state index in [-0.39, 0.29) is 6.03 Å². The van der Waals surface area contributed by atoms with Crippen molar-refractivity contribution < 1.29 is 4.79 Å². The lowest BCUT2D eigenvalue weighted by atomic mass is 9.97. The minimum atomic E-state index is -0.201. The highest BCUT2D eigenvalue weighted by Gasteiger charge is 2.14. The van der Waals surface area contributed by atoms with Crippen LogP contribution in [0.4, 0.5) is 10.5 Å². The van der Waals surface area contributed by atoms with Crippen molar-refractivity contribution in [2.75, 3.05) is 11.9 Å². The first-order chi connectivity index (χ1) is 16.8. The largest absolute Gasteiger partial charge is 0.338 e. The first-order valence-electron chi connectivity index (χ1n) is 11.9. The van der Waals surface area contributed by atoms with Crippen LogP contribution in [0, 0.1) is 0 Å². The molecule has 0 aliphatic heterocycles. The van der Waals surface area contributed by atoms with Crippen LogP contribution < -0.4 is 10.6 Å². The molecular formula is C29H28N4O. The molecule has 0 bridgehead atoms. The molecule has 5 nitrogen and oxygen atoms in total. The molecule has 2 N–H and O–H groups in total. The monoisotopic (exact) mass is 448 g/mol. The summed E-state index contributed by atoms with van der Waals surface area (Å²) in [4.78, 5) is 22.4. The maximum Gasteiger partial charge on any atom is 0.319 e. The predicted molar refractivity (Wildman–Crippen MR) is 139 cm³/mol. The average Bonchev–Trinajstić information content (AvgIpc) is 2.89. The van der Waals surface area contributed by atoms with Crippen LogP contribution in [0.3, 0.4) is 0 Å². The summed E-state index contributed by atoms with van der Waals surface area (Å²) in [6.45, 7) is 0.643. The number of allylic oxidation sites excluding steroid dienone is 1. The van der Waals surface area contributed by atoms with Gasteiger partial charge in [-0.25, -0.2) is 14.8 Å². The molecule has 1 aromatic heterocycles. The zero-order chi connectivity index (χ0) is 23.2. The van der Waals surface area contributed by atoms with Crippen LogP contribution in [0.25, 0.3) is 33.5 Å². The van der Waals surface area contributed by atoms with Crippen molar-refractivity contribution in [2.24, 2.45) is 0 Å². The number of carbonyl (C=O) groups is 1. The minimum absolute atomic E-state index is 0.201. The minimum Gasteiger partial charge on any atom is -0.338 e. The maximum atomic E-state index is 12.4. The van der Waals surface area contributed by atoms with Gasteiger partial charge in [0.05, 0.1) is 22.4 Å². The van der Waals surface area contributed by atoms with Gasteiger partial charge in [0, 0.05) is 23.4 Å². The predicted octanol–water partition coefficient (Wildman–Crippen LogP) is 6.98. The molecule has 3 aromatic carbocycles. The van der Waals surface area contributed by atoms with Gasteiger partial charge in [0.2, 0.25) is 0 Å². The van der Waals surface area contributed by atoms with Gasteiger partial charge in [0.15, 0.2) is 0 Å². The van der Waals surface area contributed by atoms with E-state index in [0.717, 1.165) is 52.8 Å². The molecule has 0 saturated heterocycles. The third-order valence-electron chi connectivity index (χ3n) is 6.13. The van der Waals surface area contributed by atoms with E-state index in [0.29, 0.717) is 12.2 Å². The summed E-state index contributed by atoms with van der Waals surface area (Å²) in [7, 11) is 0. The van der Waals surface area contributed by atoms with Gasteiger partial charge in [-0.05, 0) is 50.3 Å². The Hall–Kier alpha value is -3.99. The Morgan fingerprint density at radius 2 is 1.47 bits per heavy atom. The molecule has 1 aliphatic rings. The Morgan fingerprint density at radius 1 is 0.794 bits per heavy atom. The van der Waals surface area contributed by atoms with E-state index >= 15 is 0 Å². The Balaban J connectivity index is 1.38. The Morgan fingerprint density at radius 3 is 2.12 bits per heavy atom. The van der Waals surface area contributed by atoms with Crippen LogP contribution in [0.1, 0.15) is 32.1 Å². The lowest BCUT2D eigenvalue weighted by Gasteiger charge is -2.14. The molecule has 4 aromatic rings. The van der Waals surface area contributed by atoms with E-state index < -0.39 is 0 Å². The highest BCUT2D eigenvalue weighted by molar-refractivity contribution is 5.93.